The van der Waals surface area contributed by atoms with Crippen molar-refractivity contribution in [1.82, 2.24) is 0 Å². The number of rotatable bonds is 10. The highest BCUT2D eigenvalue weighted by molar-refractivity contribution is 9.09. The minimum Gasteiger partial charge on any atom is -0.211 e. The normalized spacial score (nSPS) is 11.1. The lowest BCUT2D eigenvalue weighted by atomic mass is 10.1. The second kappa shape index (κ2) is 11.4. The van der Waals surface area contributed by atoms with Crippen LogP contribution >= 0.6 is 15.9 Å². The second-order valence-corrected chi connectivity index (χ2v) is 4.49. The van der Waals surface area contributed by atoms with E-state index in [-0.39, 0.29) is 6.42 Å². The maximum absolute atomic E-state index is 11.7. The van der Waals surface area contributed by atoms with Gasteiger partial charge in [-0.2, -0.15) is 0 Å². The summed E-state index contributed by atoms with van der Waals surface area (Å²) in [5.41, 5.74) is 0. The predicted octanol–water partition coefficient (Wildman–Crippen LogP) is 5.16. The van der Waals surface area contributed by atoms with E-state index in [1.54, 1.807) is 0 Å². The highest BCUT2D eigenvalue weighted by Gasteiger charge is 2.00. The Morgan fingerprint density at radius 3 is 1.57 bits per heavy atom. The molecular formula is C11H21BrF2. The highest BCUT2D eigenvalue weighted by atomic mass is 79.9. The zero-order chi connectivity index (χ0) is 10.6. The lowest BCUT2D eigenvalue weighted by molar-refractivity contribution is 0.133. The molecule has 14 heavy (non-hydrogen) atoms. The lowest BCUT2D eigenvalue weighted by Crippen LogP contribution is -1.89. The molecule has 0 aliphatic rings. The van der Waals surface area contributed by atoms with Crippen LogP contribution in [0.15, 0.2) is 0 Å². The fraction of sp³-hybridized carbons (Fsp3) is 1.00. The van der Waals surface area contributed by atoms with Gasteiger partial charge in [0.05, 0.1) is 0 Å². The Kier molecular flexibility index (Phi) is 11.7. The molecule has 0 aromatic heterocycles. The van der Waals surface area contributed by atoms with Crippen LogP contribution in [0.4, 0.5) is 8.78 Å². The third-order valence-corrected chi connectivity index (χ3v) is 2.87. The van der Waals surface area contributed by atoms with Crippen LogP contribution in [-0.2, 0) is 0 Å². The number of alkyl halides is 3. The van der Waals surface area contributed by atoms with E-state index >= 15 is 0 Å². The van der Waals surface area contributed by atoms with Gasteiger partial charge in [0.15, 0.2) is 0 Å². The molecule has 0 unspecified atom stereocenters. The maximum atomic E-state index is 11.7. The van der Waals surface area contributed by atoms with Crippen LogP contribution in [0.1, 0.15) is 57.8 Å². The van der Waals surface area contributed by atoms with Gasteiger partial charge in [0.2, 0.25) is 6.43 Å². The molecule has 0 nitrogen and oxygen atoms in total. The van der Waals surface area contributed by atoms with Crippen molar-refractivity contribution in [1.29, 1.82) is 0 Å². The molecule has 0 saturated heterocycles. The van der Waals surface area contributed by atoms with E-state index in [9.17, 15) is 8.78 Å². The van der Waals surface area contributed by atoms with E-state index in [1.165, 1.54) is 32.1 Å². The van der Waals surface area contributed by atoms with Crippen molar-refractivity contribution < 1.29 is 8.78 Å². The van der Waals surface area contributed by atoms with E-state index in [0.717, 1.165) is 18.2 Å². The van der Waals surface area contributed by atoms with Crippen LogP contribution in [-0.4, -0.2) is 11.8 Å². The standard InChI is InChI=1S/C11H21BrF2/c12-10-8-6-4-2-1-3-5-7-9-11(13)14/h11H,1-10H2. The summed E-state index contributed by atoms with van der Waals surface area (Å²) in [5.74, 6) is 0. The van der Waals surface area contributed by atoms with Crippen LogP contribution in [0.2, 0.25) is 0 Å². The molecule has 86 valence electrons. The minimum atomic E-state index is -2.10. The van der Waals surface area contributed by atoms with Gasteiger partial charge < -0.3 is 0 Å². The first kappa shape index (κ1) is 14.3. The number of hydrogen-bond acceptors (Lipinski definition) is 0. The fourth-order valence-electron chi connectivity index (χ4n) is 1.45. The van der Waals surface area contributed by atoms with Gasteiger partial charge in [-0.05, 0) is 12.8 Å². The van der Waals surface area contributed by atoms with Crippen LogP contribution in [0.3, 0.4) is 0 Å². The molecule has 3 heteroatoms. The smallest absolute Gasteiger partial charge is 0.211 e. The molecule has 0 atom stereocenters. The second-order valence-electron chi connectivity index (χ2n) is 3.70. The highest BCUT2D eigenvalue weighted by Crippen LogP contribution is 2.12. The van der Waals surface area contributed by atoms with E-state index in [4.69, 9.17) is 0 Å². The van der Waals surface area contributed by atoms with Crippen LogP contribution in [0.25, 0.3) is 0 Å². The van der Waals surface area contributed by atoms with E-state index in [2.05, 4.69) is 15.9 Å². The maximum Gasteiger partial charge on any atom is 0.238 e. The molecule has 0 saturated carbocycles. The Bertz CT molecular complexity index is 107. The summed E-state index contributed by atoms with van der Waals surface area (Å²) in [6, 6.07) is 0. The summed E-state index contributed by atoms with van der Waals surface area (Å²) in [7, 11) is 0. The molecule has 0 heterocycles. The molecule has 0 fully saturated rings. The van der Waals surface area contributed by atoms with Crippen molar-refractivity contribution in [3.8, 4) is 0 Å². The summed E-state index contributed by atoms with van der Waals surface area (Å²) in [6.07, 6.45) is 7.10. The van der Waals surface area contributed by atoms with Gasteiger partial charge in [0.1, 0.15) is 0 Å². The van der Waals surface area contributed by atoms with Gasteiger partial charge in [0, 0.05) is 11.8 Å². The molecule has 0 radical (unpaired) electrons. The van der Waals surface area contributed by atoms with E-state index in [0.29, 0.717) is 6.42 Å². The number of unbranched alkanes of at least 4 members (excludes halogenated alkanes) is 7. The first-order valence-electron chi connectivity index (χ1n) is 5.61. The molecule has 0 amide bonds. The average molecular weight is 271 g/mol. The van der Waals surface area contributed by atoms with Crippen molar-refractivity contribution in [2.45, 2.75) is 64.2 Å². The van der Waals surface area contributed by atoms with Crippen molar-refractivity contribution >= 4 is 15.9 Å². The van der Waals surface area contributed by atoms with Gasteiger partial charge in [-0.1, -0.05) is 54.5 Å². The third kappa shape index (κ3) is 12.3. The molecular weight excluding hydrogens is 250 g/mol. The lowest BCUT2D eigenvalue weighted by Gasteiger charge is -2.01. The van der Waals surface area contributed by atoms with Crippen molar-refractivity contribution in [2.24, 2.45) is 0 Å². The third-order valence-electron chi connectivity index (χ3n) is 2.31. The monoisotopic (exact) mass is 270 g/mol. The Morgan fingerprint density at radius 1 is 0.714 bits per heavy atom. The van der Waals surface area contributed by atoms with Crippen molar-refractivity contribution in [3.05, 3.63) is 0 Å². The number of halogens is 3. The average Bonchev–Trinajstić information content (AvgIpc) is 2.15. The SMILES string of the molecule is FC(F)CCCCCCCCCCBr. The Labute approximate surface area is 94.6 Å². The quantitative estimate of drug-likeness (QED) is 0.380. The van der Waals surface area contributed by atoms with Gasteiger partial charge in [-0.25, -0.2) is 8.78 Å². The van der Waals surface area contributed by atoms with Crippen molar-refractivity contribution in [3.63, 3.8) is 0 Å². The first-order chi connectivity index (χ1) is 6.77. The van der Waals surface area contributed by atoms with Crippen LogP contribution in [0.5, 0.6) is 0 Å². The van der Waals surface area contributed by atoms with Crippen LogP contribution in [0, 0.1) is 0 Å². The summed E-state index contributed by atoms with van der Waals surface area (Å²) >= 11 is 3.40. The number of hydrogen-bond donors (Lipinski definition) is 0. The minimum absolute atomic E-state index is 0.0869. The van der Waals surface area contributed by atoms with Crippen LogP contribution < -0.4 is 0 Å². The predicted molar refractivity (Wildman–Crippen MR) is 61.4 cm³/mol. The summed E-state index contributed by atoms with van der Waals surface area (Å²) in [5, 5.41) is 1.10. The van der Waals surface area contributed by atoms with E-state index < -0.39 is 6.43 Å². The van der Waals surface area contributed by atoms with Gasteiger partial charge in [-0.15, -0.1) is 0 Å². The Balaban J connectivity index is 2.85. The zero-order valence-electron chi connectivity index (χ0n) is 8.78. The Hall–Kier alpha value is 0.340. The fourth-order valence-corrected chi connectivity index (χ4v) is 1.85. The first-order valence-corrected chi connectivity index (χ1v) is 6.73. The molecule has 0 aromatic carbocycles. The molecule has 0 aliphatic heterocycles. The van der Waals surface area contributed by atoms with E-state index in [1.807, 2.05) is 0 Å². The topological polar surface area (TPSA) is 0 Å². The largest absolute Gasteiger partial charge is 0.238 e. The Morgan fingerprint density at radius 2 is 1.14 bits per heavy atom. The molecule has 0 aliphatic carbocycles. The molecule has 0 spiro atoms. The van der Waals surface area contributed by atoms with Gasteiger partial charge in [-0.3, -0.25) is 0 Å². The molecule has 0 bridgehead atoms. The van der Waals surface area contributed by atoms with Crippen molar-refractivity contribution in [2.75, 3.05) is 5.33 Å². The molecule has 0 N–H and O–H groups in total. The molecule has 0 aromatic rings. The summed E-state index contributed by atoms with van der Waals surface area (Å²) < 4.78 is 23.5. The van der Waals surface area contributed by atoms with Gasteiger partial charge in [0.25, 0.3) is 0 Å². The summed E-state index contributed by atoms with van der Waals surface area (Å²) in [6.45, 7) is 0. The zero-order valence-corrected chi connectivity index (χ0v) is 10.4. The van der Waals surface area contributed by atoms with Gasteiger partial charge >= 0.3 is 0 Å². The molecule has 0 rings (SSSR count). The summed E-state index contributed by atoms with van der Waals surface area (Å²) in [4.78, 5) is 0.